The van der Waals surface area contributed by atoms with Gasteiger partial charge in [0, 0.05) is 25.0 Å². The van der Waals surface area contributed by atoms with E-state index in [0.717, 1.165) is 37.7 Å². The zero-order valence-corrected chi connectivity index (χ0v) is 17.6. The Labute approximate surface area is 163 Å². The van der Waals surface area contributed by atoms with Gasteiger partial charge in [-0.25, -0.2) is 0 Å². The fourth-order valence-electron chi connectivity index (χ4n) is 2.92. The molecule has 2 rings (SSSR count). The Morgan fingerprint density at radius 2 is 2.08 bits per heavy atom. The molecule has 1 unspecified atom stereocenters. The number of nitrogens with one attached hydrogen (secondary N) is 2. The third-order valence-corrected chi connectivity index (χ3v) is 4.56. The quantitative estimate of drug-likeness (QED) is 0.382. The molecule has 1 aliphatic rings. The summed E-state index contributed by atoms with van der Waals surface area (Å²) >= 11 is 0. The highest BCUT2D eigenvalue weighted by Crippen LogP contribution is 2.17. The van der Waals surface area contributed by atoms with Crippen LogP contribution in [0.2, 0.25) is 0 Å². The molecule has 1 heterocycles. The van der Waals surface area contributed by atoms with Crippen LogP contribution in [-0.4, -0.2) is 39.4 Å². The summed E-state index contributed by atoms with van der Waals surface area (Å²) in [5.41, 5.74) is 0. The summed E-state index contributed by atoms with van der Waals surface area (Å²) in [5.74, 6) is 1.98. The number of rotatable bonds is 7. The van der Waals surface area contributed by atoms with Gasteiger partial charge < -0.3 is 15.2 Å². The molecule has 0 amide bonds. The van der Waals surface area contributed by atoms with Gasteiger partial charge in [-0.1, -0.05) is 33.1 Å². The van der Waals surface area contributed by atoms with Crippen molar-refractivity contribution in [2.24, 2.45) is 4.99 Å². The molecule has 0 aromatic carbocycles. The SMILES string of the molecule is CCc1nncn1CCN=C(NC(C)CC)NC1CCCCC1.I. The minimum Gasteiger partial charge on any atom is -0.354 e. The predicted molar refractivity (Wildman–Crippen MR) is 110 cm³/mol. The van der Waals surface area contributed by atoms with Gasteiger partial charge in [0.15, 0.2) is 5.96 Å². The van der Waals surface area contributed by atoms with Crippen molar-refractivity contribution in [2.45, 2.75) is 84.3 Å². The second kappa shape index (κ2) is 11.7. The molecule has 1 aliphatic carbocycles. The van der Waals surface area contributed by atoms with Crippen molar-refractivity contribution in [2.75, 3.05) is 6.54 Å². The first-order chi connectivity index (χ1) is 11.2. The Morgan fingerprint density at radius 1 is 1.33 bits per heavy atom. The van der Waals surface area contributed by atoms with Crippen LogP contribution >= 0.6 is 24.0 Å². The molecule has 1 atom stereocenters. The Bertz CT molecular complexity index is 481. The number of aromatic nitrogens is 3. The van der Waals surface area contributed by atoms with E-state index in [-0.39, 0.29) is 24.0 Å². The van der Waals surface area contributed by atoms with Crippen molar-refractivity contribution in [3.8, 4) is 0 Å². The standard InChI is InChI=1S/C17H32N6.HI/c1-4-14(3)20-17(21-15-9-7-6-8-10-15)18-11-12-23-13-19-22-16(23)5-2;/h13-15H,4-12H2,1-3H3,(H2,18,20,21);1H. The van der Waals surface area contributed by atoms with Crippen LogP contribution in [0.15, 0.2) is 11.3 Å². The van der Waals surface area contributed by atoms with Crippen molar-refractivity contribution in [3.63, 3.8) is 0 Å². The molecule has 0 saturated heterocycles. The first-order valence-corrected chi connectivity index (χ1v) is 9.17. The molecule has 7 heteroatoms. The van der Waals surface area contributed by atoms with Crippen molar-refractivity contribution in [1.82, 2.24) is 25.4 Å². The second-order valence-electron chi connectivity index (χ2n) is 6.46. The van der Waals surface area contributed by atoms with Crippen molar-refractivity contribution >= 4 is 29.9 Å². The van der Waals surface area contributed by atoms with Gasteiger partial charge in [-0.05, 0) is 26.2 Å². The van der Waals surface area contributed by atoms with Gasteiger partial charge in [0.2, 0.25) is 0 Å². The first-order valence-electron chi connectivity index (χ1n) is 9.17. The summed E-state index contributed by atoms with van der Waals surface area (Å²) in [5, 5.41) is 15.2. The fourth-order valence-corrected chi connectivity index (χ4v) is 2.92. The Kier molecular flexibility index (Phi) is 10.3. The van der Waals surface area contributed by atoms with Crippen LogP contribution in [-0.2, 0) is 13.0 Å². The van der Waals surface area contributed by atoms with E-state index >= 15 is 0 Å². The average Bonchev–Trinajstić information content (AvgIpc) is 3.03. The highest BCUT2D eigenvalue weighted by molar-refractivity contribution is 14.0. The molecular formula is C17H33IN6. The number of hydrogen-bond acceptors (Lipinski definition) is 3. The van der Waals surface area contributed by atoms with Crippen LogP contribution in [0.1, 0.15) is 65.1 Å². The molecule has 0 radical (unpaired) electrons. The van der Waals surface area contributed by atoms with Crippen LogP contribution < -0.4 is 10.6 Å². The van der Waals surface area contributed by atoms with E-state index in [9.17, 15) is 0 Å². The van der Waals surface area contributed by atoms with Crippen LogP contribution in [0.3, 0.4) is 0 Å². The van der Waals surface area contributed by atoms with E-state index in [1.54, 1.807) is 6.33 Å². The second-order valence-corrected chi connectivity index (χ2v) is 6.46. The molecule has 0 aliphatic heterocycles. The van der Waals surface area contributed by atoms with E-state index in [4.69, 9.17) is 4.99 Å². The van der Waals surface area contributed by atoms with E-state index in [1.165, 1.54) is 32.1 Å². The highest BCUT2D eigenvalue weighted by atomic mass is 127. The van der Waals surface area contributed by atoms with Crippen molar-refractivity contribution in [1.29, 1.82) is 0 Å². The third kappa shape index (κ3) is 6.94. The summed E-state index contributed by atoms with van der Waals surface area (Å²) < 4.78 is 2.09. The molecule has 0 spiro atoms. The van der Waals surface area contributed by atoms with Gasteiger partial charge in [0.1, 0.15) is 12.2 Å². The van der Waals surface area contributed by atoms with E-state index < -0.39 is 0 Å². The lowest BCUT2D eigenvalue weighted by Gasteiger charge is -2.26. The zero-order chi connectivity index (χ0) is 16.5. The molecule has 0 bridgehead atoms. The highest BCUT2D eigenvalue weighted by Gasteiger charge is 2.15. The lowest BCUT2D eigenvalue weighted by molar-refractivity contribution is 0.407. The lowest BCUT2D eigenvalue weighted by atomic mass is 9.96. The van der Waals surface area contributed by atoms with Gasteiger partial charge in [-0.15, -0.1) is 34.2 Å². The van der Waals surface area contributed by atoms with Crippen LogP contribution in [0.4, 0.5) is 0 Å². The van der Waals surface area contributed by atoms with E-state index in [1.807, 2.05) is 0 Å². The van der Waals surface area contributed by atoms with Crippen LogP contribution in [0.5, 0.6) is 0 Å². The molecule has 2 N–H and O–H groups in total. The number of aryl methyl sites for hydroxylation is 1. The molecule has 1 fully saturated rings. The summed E-state index contributed by atoms with van der Waals surface area (Å²) in [6, 6.07) is 1.01. The van der Waals surface area contributed by atoms with Crippen LogP contribution in [0, 0.1) is 0 Å². The van der Waals surface area contributed by atoms with Crippen molar-refractivity contribution in [3.05, 3.63) is 12.2 Å². The molecule has 138 valence electrons. The number of halogens is 1. The maximum Gasteiger partial charge on any atom is 0.191 e. The Balaban J connectivity index is 0.00000288. The maximum absolute atomic E-state index is 4.77. The maximum atomic E-state index is 4.77. The van der Waals surface area contributed by atoms with Gasteiger partial charge in [0.25, 0.3) is 0 Å². The van der Waals surface area contributed by atoms with E-state index in [0.29, 0.717) is 12.1 Å². The van der Waals surface area contributed by atoms with Crippen molar-refractivity contribution < 1.29 is 0 Å². The molecule has 6 nitrogen and oxygen atoms in total. The summed E-state index contributed by atoms with van der Waals surface area (Å²) in [6.07, 6.45) is 10.3. The minimum atomic E-state index is 0. The zero-order valence-electron chi connectivity index (χ0n) is 15.3. The fraction of sp³-hybridized carbons (Fsp3) is 0.824. The molecule has 24 heavy (non-hydrogen) atoms. The predicted octanol–water partition coefficient (Wildman–Crippen LogP) is 3.12. The summed E-state index contributed by atoms with van der Waals surface area (Å²) in [4.78, 5) is 4.77. The first kappa shape index (κ1) is 21.2. The monoisotopic (exact) mass is 448 g/mol. The van der Waals surface area contributed by atoms with Gasteiger partial charge in [-0.3, -0.25) is 4.99 Å². The van der Waals surface area contributed by atoms with Gasteiger partial charge in [0.05, 0.1) is 6.54 Å². The molecule has 1 aromatic heterocycles. The Morgan fingerprint density at radius 3 is 2.75 bits per heavy atom. The largest absolute Gasteiger partial charge is 0.354 e. The average molecular weight is 448 g/mol. The number of aliphatic imine (C=N–C) groups is 1. The van der Waals surface area contributed by atoms with Gasteiger partial charge >= 0.3 is 0 Å². The summed E-state index contributed by atoms with van der Waals surface area (Å²) in [7, 11) is 0. The minimum absolute atomic E-state index is 0. The molecule has 1 saturated carbocycles. The summed E-state index contributed by atoms with van der Waals surface area (Å²) in [6.45, 7) is 8.07. The topological polar surface area (TPSA) is 67.1 Å². The molecule has 1 aromatic rings. The Hall–Kier alpha value is -0.860. The van der Waals surface area contributed by atoms with E-state index in [2.05, 4.69) is 46.2 Å². The van der Waals surface area contributed by atoms with Gasteiger partial charge in [-0.2, -0.15) is 0 Å². The number of guanidine groups is 1. The van der Waals surface area contributed by atoms with Crippen LogP contribution in [0.25, 0.3) is 0 Å². The lowest BCUT2D eigenvalue weighted by Crippen LogP contribution is -2.47. The molecular weight excluding hydrogens is 415 g/mol. The number of nitrogens with zero attached hydrogens (tertiary/aromatic N) is 4. The normalized spacial score (nSPS) is 17.2. The number of hydrogen-bond donors (Lipinski definition) is 2. The third-order valence-electron chi connectivity index (χ3n) is 4.56. The smallest absolute Gasteiger partial charge is 0.191 e.